The van der Waals surface area contributed by atoms with Gasteiger partial charge in [-0.1, -0.05) is 0 Å². The summed E-state index contributed by atoms with van der Waals surface area (Å²) < 4.78 is 23.9. The van der Waals surface area contributed by atoms with Gasteiger partial charge in [0.05, 0.1) is 6.33 Å². The van der Waals surface area contributed by atoms with Crippen LogP contribution in [-0.2, 0) is 33.3 Å². The lowest BCUT2D eigenvalue weighted by Gasteiger charge is -2.23. The van der Waals surface area contributed by atoms with E-state index in [0.29, 0.717) is 20.8 Å². The van der Waals surface area contributed by atoms with E-state index in [1.54, 1.807) is 11.6 Å². The van der Waals surface area contributed by atoms with Gasteiger partial charge in [0.2, 0.25) is 0 Å². The molecule has 2 aromatic rings. The average molecular weight is 533 g/mol. The molecule has 0 aliphatic carbocycles. The van der Waals surface area contributed by atoms with Crippen molar-refractivity contribution in [2.75, 3.05) is 19.0 Å². The van der Waals surface area contributed by atoms with E-state index < -0.39 is 42.4 Å². The van der Waals surface area contributed by atoms with Gasteiger partial charge in [-0.05, 0) is 0 Å². The highest BCUT2D eigenvalue weighted by Crippen LogP contribution is 2.36. The van der Waals surface area contributed by atoms with Gasteiger partial charge >= 0.3 is 17.9 Å². The minimum Gasteiger partial charge on any atom is -0.463 e. The zero-order valence-corrected chi connectivity index (χ0v) is 18.8. The molecule has 4 unspecified atom stereocenters. The van der Waals surface area contributed by atoms with E-state index in [9.17, 15) is 14.4 Å². The predicted octanol–water partition coefficient (Wildman–Crippen LogP) is 0.796. The first-order valence-corrected chi connectivity index (χ1v) is 10.00. The number of rotatable bonds is 6. The van der Waals surface area contributed by atoms with Crippen LogP contribution in [0.1, 0.15) is 27.0 Å². The summed E-state index contributed by atoms with van der Waals surface area (Å²) in [5.74, 6) is -1.21. The van der Waals surface area contributed by atoms with Gasteiger partial charge in [0, 0.05) is 50.4 Å². The minimum absolute atomic E-state index is 0.192. The van der Waals surface area contributed by atoms with E-state index in [0.717, 1.165) is 0 Å². The molecule has 162 valence electrons. The quantitative estimate of drug-likeness (QED) is 0.244. The smallest absolute Gasteiger partial charge is 0.303 e. The van der Waals surface area contributed by atoms with Crippen LogP contribution >= 0.6 is 22.6 Å². The number of carbonyl (C=O) groups is 3. The number of carbonyl (C=O) groups excluding carboxylic acids is 3. The zero-order chi connectivity index (χ0) is 22.0. The van der Waals surface area contributed by atoms with E-state index in [-0.39, 0.29) is 6.61 Å². The monoisotopic (exact) mass is 533 g/mol. The molecule has 0 saturated carbocycles. The number of aromatic nitrogens is 4. The van der Waals surface area contributed by atoms with Crippen molar-refractivity contribution in [3.8, 4) is 0 Å². The van der Waals surface area contributed by atoms with Crippen LogP contribution in [0.4, 0.5) is 5.82 Å². The Labute approximate surface area is 184 Å². The Hall–Kier alpha value is -2.55. The summed E-state index contributed by atoms with van der Waals surface area (Å²) in [4.78, 5) is 47.7. The van der Waals surface area contributed by atoms with Gasteiger partial charge in [-0.15, -0.1) is 0 Å². The number of hydrogen-bond acceptors (Lipinski definition) is 11. The predicted molar refractivity (Wildman–Crippen MR) is 109 cm³/mol. The third-order valence-corrected chi connectivity index (χ3v) is 4.73. The number of halogens is 1. The Morgan fingerprint density at radius 2 is 1.80 bits per heavy atom. The fraction of sp³-hybridized carbons (Fsp3) is 0.529. The van der Waals surface area contributed by atoms with Crippen molar-refractivity contribution >= 4 is 57.5 Å². The summed E-state index contributed by atoms with van der Waals surface area (Å²) in [6, 6.07) is 0. The third kappa shape index (κ3) is 4.61. The van der Waals surface area contributed by atoms with Crippen molar-refractivity contribution in [2.45, 2.75) is 45.3 Å². The molecular weight excluding hydrogens is 513 g/mol. The van der Waals surface area contributed by atoms with Crippen molar-refractivity contribution in [1.82, 2.24) is 19.5 Å². The standard InChI is InChI=1S/C17H20IN5O7/c1-7(24)27-5-10-12(28-8(2)25)13(29-9(3)26)16(30-10)23-6-20-11-14(19-4)21-17(18)22-15(11)23/h6,10,12-13,16H,5H2,1-4H3,(H,19,21,22). The van der Waals surface area contributed by atoms with Crippen molar-refractivity contribution in [1.29, 1.82) is 0 Å². The molecule has 1 N–H and O–H groups in total. The third-order valence-electron chi connectivity index (χ3n) is 4.25. The number of nitrogens with zero attached hydrogens (tertiary/aromatic N) is 4. The van der Waals surface area contributed by atoms with E-state index in [2.05, 4.69) is 20.3 Å². The van der Waals surface area contributed by atoms with Crippen molar-refractivity contribution in [2.24, 2.45) is 0 Å². The highest BCUT2D eigenvalue weighted by molar-refractivity contribution is 14.1. The van der Waals surface area contributed by atoms with Crippen molar-refractivity contribution in [3.05, 3.63) is 10.2 Å². The fourth-order valence-corrected chi connectivity index (χ4v) is 3.64. The van der Waals surface area contributed by atoms with Gasteiger partial charge in [-0.25, -0.2) is 15.0 Å². The molecule has 13 heteroatoms. The van der Waals surface area contributed by atoms with Gasteiger partial charge in [-0.2, -0.15) is 0 Å². The number of fused-ring (bicyclic) bond motifs is 1. The van der Waals surface area contributed by atoms with Crippen LogP contribution in [-0.4, -0.2) is 69.4 Å². The number of hydrogen-bond donors (Lipinski definition) is 1. The summed E-state index contributed by atoms with van der Waals surface area (Å²) in [6.45, 7) is 3.51. The fourth-order valence-electron chi connectivity index (χ4n) is 3.17. The molecule has 1 saturated heterocycles. The van der Waals surface area contributed by atoms with Gasteiger partial charge in [-0.3, -0.25) is 19.0 Å². The zero-order valence-electron chi connectivity index (χ0n) is 16.6. The van der Waals surface area contributed by atoms with Crippen LogP contribution in [0.15, 0.2) is 6.33 Å². The molecule has 1 fully saturated rings. The largest absolute Gasteiger partial charge is 0.463 e. The Balaban J connectivity index is 2.05. The number of nitrogens with one attached hydrogen (secondary N) is 1. The summed E-state index contributed by atoms with van der Waals surface area (Å²) in [7, 11) is 1.70. The first kappa shape index (κ1) is 22.1. The molecule has 0 aromatic carbocycles. The summed E-state index contributed by atoms with van der Waals surface area (Å²) >= 11 is 1.97. The molecule has 30 heavy (non-hydrogen) atoms. The normalized spacial score (nSPS) is 23.2. The molecule has 1 aliphatic heterocycles. The van der Waals surface area contributed by atoms with Crippen LogP contribution in [0.2, 0.25) is 0 Å². The maximum Gasteiger partial charge on any atom is 0.303 e. The van der Waals surface area contributed by atoms with Gasteiger partial charge < -0.3 is 24.3 Å². The minimum atomic E-state index is -1.02. The molecule has 1 aliphatic rings. The van der Waals surface area contributed by atoms with Crippen LogP contribution < -0.4 is 5.32 Å². The molecular formula is C17H20IN5O7. The summed E-state index contributed by atoms with van der Waals surface area (Å²) in [5, 5.41) is 2.95. The number of imidazole rings is 1. The second-order valence-electron chi connectivity index (χ2n) is 6.43. The van der Waals surface area contributed by atoms with E-state index in [4.69, 9.17) is 18.9 Å². The molecule has 0 amide bonds. The van der Waals surface area contributed by atoms with Crippen LogP contribution in [0.25, 0.3) is 11.2 Å². The second kappa shape index (κ2) is 9.07. The highest BCUT2D eigenvalue weighted by atomic mass is 127. The molecule has 0 spiro atoms. The lowest BCUT2D eigenvalue weighted by Crippen LogP contribution is -2.40. The van der Waals surface area contributed by atoms with E-state index in [1.165, 1.54) is 27.1 Å². The maximum absolute atomic E-state index is 11.8. The van der Waals surface area contributed by atoms with Gasteiger partial charge in [0.25, 0.3) is 0 Å². The Kier molecular flexibility index (Phi) is 6.70. The topological polar surface area (TPSA) is 144 Å². The molecule has 3 heterocycles. The average Bonchev–Trinajstić information content (AvgIpc) is 3.20. The maximum atomic E-state index is 11.8. The summed E-state index contributed by atoms with van der Waals surface area (Å²) in [6.07, 6.45) is -2.35. The number of anilines is 1. The van der Waals surface area contributed by atoms with Crippen LogP contribution in [0, 0.1) is 3.83 Å². The molecule has 2 aromatic heterocycles. The first-order valence-electron chi connectivity index (χ1n) is 8.92. The molecule has 12 nitrogen and oxygen atoms in total. The van der Waals surface area contributed by atoms with Crippen molar-refractivity contribution in [3.63, 3.8) is 0 Å². The lowest BCUT2D eigenvalue weighted by atomic mass is 10.1. The van der Waals surface area contributed by atoms with Crippen LogP contribution in [0.3, 0.4) is 0 Å². The Morgan fingerprint density at radius 1 is 1.13 bits per heavy atom. The Morgan fingerprint density at radius 3 is 2.40 bits per heavy atom. The highest BCUT2D eigenvalue weighted by Gasteiger charge is 2.51. The van der Waals surface area contributed by atoms with Gasteiger partial charge in [0.1, 0.15) is 12.7 Å². The molecule has 3 rings (SSSR count). The van der Waals surface area contributed by atoms with Gasteiger partial charge in [0.15, 0.2) is 39.2 Å². The molecule has 0 radical (unpaired) electrons. The van der Waals surface area contributed by atoms with E-state index >= 15 is 0 Å². The SMILES string of the molecule is CNc1nc(I)nc2c1ncn2C1OC(COC(C)=O)C(OC(C)=O)C1OC(C)=O. The van der Waals surface area contributed by atoms with Crippen LogP contribution in [0.5, 0.6) is 0 Å². The summed E-state index contributed by atoms with van der Waals surface area (Å²) in [5.41, 5.74) is 0.908. The number of ether oxygens (including phenoxy) is 4. The Bertz CT molecular complexity index is 981. The second-order valence-corrected chi connectivity index (χ2v) is 7.40. The molecule has 0 bridgehead atoms. The lowest BCUT2D eigenvalue weighted by molar-refractivity contribution is -0.166. The first-order chi connectivity index (χ1) is 14.2. The van der Waals surface area contributed by atoms with E-state index in [1.807, 2.05) is 22.6 Å². The van der Waals surface area contributed by atoms with Crippen molar-refractivity contribution < 1.29 is 33.3 Å². The number of esters is 3. The molecule has 4 atom stereocenters.